The van der Waals surface area contributed by atoms with E-state index in [9.17, 15) is 29.5 Å². The van der Waals surface area contributed by atoms with Gasteiger partial charge >= 0.3 is 19.5 Å². The molecule has 11 nitrogen and oxygen atoms in total. The van der Waals surface area contributed by atoms with Crippen molar-refractivity contribution in [2.24, 2.45) is 0 Å². The van der Waals surface area contributed by atoms with Crippen molar-refractivity contribution in [3.05, 3.63) is 0 Å². The maximum atomic E-state index is 12.7. The average molecular weight is 456 g/mol. The molecule has 1 unspecified atom stereocenters. The molecule has 1 aliphatic rings. The number of hydrogen-bond acceptors (Lipinski definition) is 11. The van der Waals surface area contributed by atoms with Gasteiger partial charge in [0.2, 0.25) is 0 Å². The molecular weight excluding hydrogens is 423 g/mol. The highest BCUT2D eigenvalue weighted by molar-refractivity contribution is 7.53. The lowest BCUT2D eigenvalue weighted by Crippen LogP contribution is -2.60. The minimum Gasteiger partial charge on any atom is -0.456 e. The van der Waals surface area contributed by atoms with Crippen LogP contribution < -0.4 is 0 Å². The number of carbonyl (C=O) groups is 2. The molecule has 0 aromatic heterocycles. The summed E-state index contributed by atoms with van der Waals surface area (Å²) in [4.78, 5) is 23.1. The van der Waals surface area contributed by atoms with Crippen LogP contribution in [0.2, 0.25) is 0 Å². The first-order chi connectivity index (χ1) is 14.1. The topological polar surface area (TPSA) is 158 Å². The van der Waals surface area contributed by atoms with Crippen LogP contribution >= 0.6 is 7.60 Å². The van der Waals surface area contributed by atoms with E-state index in [4.69, 9.17) is 23.3 Å². The average Bonchev–Trinajstić information content (AvgIpc) is 2.65. The third-order valence-electron chi connectivity index (χ3n) is 4.42. The quantitative estimate of drug-likeness (QED) is 0.275. The number of carbonyl (C=O) groups excluding carboxylic acids is 2. The first-order valence-corrected chi connectivity index (χ1v) is 11.6. The van der Waals surface area contributed by atoms with Gasteiger partial charge in [0, 0.05) is 20.3 Å². The van der Waals surface area contributed by atoms with Crippen LogP contribution in [0.5, 0.6) is 0 Å². The molecule has 1 fully saturated rings. The van der Waals surface area contributed by atoms with Gasteiger partial charge < -0.3 is 38.6 Å². The first kappa shape index (κ1) is 27.0. The summed E-state index contributed by atoms with van der Waals surface area (Å²) >= 11 is 0. The molecule has 30 heavy (non-hydrogen) atoms. The third kappa shape index (κ3) is 8.22. The third-order valence-corrected chi connectivity index (χ3v) is 6.52. The van der Waals surface area contributed by atoms with Crippen molar-refractivity contribution in [3.8, 4) is 0 Å². The fraction of sp³-hybridized carbons (Fsp3) is 0.889. The lowest BCUT2D eigenvalue weighted by molar-refractivity contribution is -0.245. The summed E-state index contributed by atoms with van der Waals surface area (Å²) in [6.07, 6.45) is -7.25. The number of rotatable bonds is 12. The van der Waals surface area contributed by atoms with Crippen molar-refractivity contribution in [1.29, 1.82) is 0 Å². The molecule has 0 spiro atoms. The van der Waals surface area contributed by atoms with E-state index in [1.807, 2.05) is 0 Å². The predicted octanol–water partition coefficient (Wildman–Crippen LogP) is 0.378. The maximum absolute atomic E-state index is 12.7. The minimum atomic E-state index is -3.42. The summed E-state index contributed by atoms with van der Waals surface area (Å²) in [6, 6.07) is 0. The Hall–Kier alpha value is -1.07. The van der Waals surface area contributed by atoms with Crippen molar-refractivity contribution < 1.29 is 52.7 Å². The highest BCUT2D eigenvalue weighted by atomic mass is 31.2. The van der Waals surface area contributed by atoms with Crippen LogP contribution in [-0.2, 0) is 37.4 Å². The summed E-state index contributed by atoms with van der Waals surface area (Å²) in [6.45, 7) is 5.39. The molecule has 6 atom stereocenters. The van der Waals surface area contributed by atoms with Crippen LogP contribution in [0.3, 0.4) is 0 Å². The molecular formula is C18H33O11P. The van der Waals surface area contributed by atoms with E-state index < -0.39 is 62.8 Å². The monoisotopic (exact) mass is 456 g/mol. The zero-order valence-electron chi connectivity index (χ0n) is 17.8. The lowest BCUT2D eigenvalue weighted by Gasteiger charge is -2.44. The van der Waals surface area contributed by atoms with Crippen LogP contribution in [0.4, 0.5) is 0 Å². The van der Waals surface area contributed by atoms with E-state index in [0.717, 1.165) is 13.8 Å². The molecule has 176 valence electrons. The van der Waals surface area contributed by atoms with Gasteiger partial charge in [0.15, 0.2) is 12.2 Å². The van der Waals surface area contributed by atoms with Gasteiger partial charge in [-0.3, -0.25) is 14.2 Å². The van der Waals surface area contributed by atoms with Gasteiger partial charge in [-0.2, -0.15) is 0 Å². The van der Waals surface area contributed by atoms with Gasteiger partial charge in [-0.1, -0.05) is 0 Å². The van der Waals surface area contributed by atoms with Gasteiger partial charge in [-0.15, -0.1) is 0 Å². The second-order valence-corrected chi connectivity index (χ2v) is 9.07. The second-order valence-electron chi connectivity index (χ2n) is 6.88. The molecule has 0 aromatic carbocycles. The van der Waals surface area contributed by atoms with E-state index >= 15 is 0 Å². The van der Waals surface area contributed by atoms with Crippen LogP contribution in [0.1, 0.15) is 40.5 Å². The molecule has 0 radical (unpaired) electrons. The van der Waals surface area contributed by atoms with Crippen LogP contribution in [-0.4, -0.2) is 89.9 Å². The molecule has 0 aliphatic carbocycles. The molecule has 1 aliphatic heterocycles. The maximum Gasteiger partial charge on any atom is 0.330 e. The van der Waals surface area contributed by atoms with Gasteiger partial charge in [-0.05, 0) is 20.3 Å². The summed E-state index contributed by atoms with van der Waals surface area (Å²) in [7, 11) is -3.42. The highest BCUT2D eigenvalue weighted by Crippen LogP contribution is 2.49. The van der Waals surface area contributed by atoms with Crippen LogP contribution in [0.15, 0.2) is 0 Å². The molecule has 0 amide bonds. The van der Waals surface area contributed by atoms with Crippen molar-refractivity contribution in [1.82, 2.24) is 0 Å². The Morgan fingerprint density at radius 1 is 1.03 bits per heavy atom. The number of aliphatic hydroxyl groups excluding tert-OH is 3. The van der Waals surface area contributed by atoms with E-state index in [2.05, 4.69) is 0 Å². The Kier molecular flexibility index (Phi) is 11.4. The molecule has 0 saturated carbocycles. The van der Waals surface area contributed by atoms with E-state index in [1.165, 1.54) is 0 Å². The molecule has 1 heterocycles. The zero-order chi connectivity index (χ0) is 22.9. The molecule has 3 N–H and O–H groups in total. The number of aliphatic hydroxyl groups is 3. The van der Waals surface area contributed by atoms with Crippen LogP contribution in [0.25, 0.3) is 0 Å². The fourth-order valence-corrected chi connectivity index (χ4v) is 4.97. The Labute approximate surface area is 176 Å². The fourth-order valence-electron chi connectivity index (χ4n) is 3.28. The first-order valence-electron chi connectivity index (χ1n) is 9.91. The Balaban J connectivity index is 3.10. The van der Waals surface area contributed by atoms with Crippen molar-refractivity contribution in [3.63, 3.8) is 0 Å². The molecule has 0 aromatic rings. The zero-order valence-corrected chi connectivity index (χ0v) is 18.7. The van der Waals surface area contributed by atoms with Gasteiger partial charge in [-0.25, -0.2) is 0 Å². The molecule has 1 saturated heterocycles. The summed E-state index contributed by atoms with van der Waals surface area (Å²) < 4.78 is 39.4. The van der Waals surface area contributed by atoms with E-state index in [0.29, 0.717) is 0 Å². The summed E-state index contributed by atoms with van der Waals surface area (Å²) in [5.41, 5.74) is 0. The lowest BCUT2D eigenvalue weighted by atomic mass is 9.90. The number of hydrogen-bond donors (Lipinski definition) is 3. The van der Waals surface area contributed by atoms with Crippen LogP contribution in [0, 0.1) is 0 Å². The predicted molar refractivity (Wildman–Crippen MR) is 104 cm³/mol. The number of esters is 2. The second kappa shape index (κ2) is 12.7. The molecule has 1 rings (SSSR count). The summed E-state index contributed by atoms with van der Waals surface area (Å²) in [5, 5.41) is 29.8. The number of ether oxygens (including phenoxy) is 3. The van der Waals surface area contributed by atoms with E-state index in [1.54, 1.807) is 13.8 Å². The van der Waals surface area contributed by atoms with Crippen molar-refractivity contribution in [2.75, 3.05) is 26.0 Å². The Morgan fingerprint density at radius 3 is 2.03 bits per heavy atom. The van der Waals surface area contributed by atoms with Gasteiger partial charge in [0.05, 0.1) is 38.2 Å². The van der Waals surface area contributed by atoms with Gasteiger partial charge in [0.1, 0.15) is 12.2 Å². The SMILES string of the molecule is CCOP(=O)(CC[C@H]1O[C@H](CC(O)CO)[C@@H](OC(C)=O)[C@@H](OC(C)=O)[C@@H]1O)OCC. The van der Waals surface area contributed by atoms with Crippen molar-refractivity contribution in [2.45, 2.75) is 77.2 Å². The highest BCUT2D eigenvalue weighted by Gasteiger charge is 2.49. The Morgan fingerprint density at radius 2 is 1.57 bits per heavy atom. The standard InChI is InChI=1S/C18H33O11P/c1-5-25-30(24,26-6-2)8-7-14-16(23)18(28-12(4)21)17(27-11(3)20)15(29-14)9-13(22)10-19/h13-19,22-23H,5-10H2,1-4H3/t13?,14-,15-,16-,17-,18+/m1/s1. The largest absolute Gasteiger partial charge is 0.456 e. The van der Waals surface area contributed by atoms with E-state index in [-0.39, 0.29) is 32.2 Å². The smallest absolute Gasteiger partial charge is 0.330 e. The van der Waals surface area contributed by atoms with Crippen molar-refractivity contribution >= 4 is 19.5 Å². The molecule has 12 heteroatoms. The molecule has 0 bridgehead atoms. The normalized spacial score (nSPS) is 28.0. The van der Waals surface area contributed by atoms with Gasteiger partial charge in [0.25, 0.3) is 0 Å². The Bertz CT molecular complexity index is 589. The minimum absolute atomic E-state index is 0.0225. The summed E-state index contributed by atoms with van der Waals surface area (Å²) in [5.74, 6) is -1.42.